The van der Waals surface area contributed by atoms with Crippen LogP contribution < -0.4 is 10.2 Å². The molecule has 4 heterocycles. The molecule has 3 aromatic rings. The molecule has 0 spiro atoms. The molecule has 0 aliphatic carbocycles. The molecular formula is C20H23N7O. The van der Waals surface area contributed by atoms with Gasteiger partial charge in [0.05, 0.1) is 11.4 Å². The zero-order valence-electron chi connectivity index (χ0n) is 15.7. The molecule has 28 heavy (non-hydrogen) atoms. The Bertz CT molecular complexity index is 945. The number of phenolic OH excluding ortho intramolecular Hbond substituents is 1. The van der Waals surface area contributed by atoms with Gasteiger partial charge in [0.15, 0.2) is 5.82 Å². The number of fused-ring (bicyclic) bond motifs is 2. The first-order chi connectivity index (χ1) is 13.7. The molecule has 0 radical (unpaired) electrons. The van der Waals surface area contributed by atoms with E-state index in [4.69, 9.17) is 0 Å². The fourth-order valence-corrected chi connectivity index (χ4v) is 4.41. The Labute approximate surface area is 163 Å². The van der Waals surface area contributed by atoms with Crippen molar-refractivity contribution < 1.29 is 5.11 Å². The van der Waals surface area contributed by atoms with Crippen molar-refractivity contribution in [3.63, 3.8) is 0 Å². The smallest absolute Gasteiger partial charge is 0.151 e. The Balaban J connectivity index is 1.35. The molecule has 2 bridgehead atoms. The van der Waals surface area contributed by atoms with Gasteiger partial charge in [0, 0.05) is 36.8 Å². The van der Waals surface area contributed by atoms with Gasteiger partial charge in [-0.2, -0.15) is 5.10 Å². The Morgan fingerprint density at radius 3 is 2.57 bits per heavy atom. The average Bonchev–Trinajstić information content (AvgIpc) is 3.37. The van der Waals surface area contributed by atoms with Crippen LogP contribution in [0.5, 0.6) is 5.75 Å². The molecule has 0 unspecified atom stereocenters. The van der Waals surface area contributed by atoms with Gasteiger partial charge < -0.3 is 15.3 Å². The fraction of sp³-hybridized carbons (Fsp3) is 0.400. The quantitative estimate of drug-likeness (QED) is 0.720. The second kappa shape index (κ2) is 6.87. The predicted molar refractivity (Wildman–Crippen MR) is 105 cm³/mol. The van der Waals surface area contributed by atoms with E-state index >= 15 is 0 Å². The molecule has 2 aliphatic heterocycles. The highest BCUT2D eigenvalue weighted by Gasteiger charge is 2.35. The standard InChI is InChI=1S/C20H23N7O/c1-26(16-8-13-2-3-14(9-16)23-13)20-7-6-18(24-25-20)17-5-4-15(10-19(17)28)27-12-21-11-22-27/h4-7,10-14,16,23,28H,2-3,8-9H2,1H3/t13-,14+,16-. The van der Waals surface area contributed by atoms with Crippen molar-refractivity contribution >= 4 is 5.82 Å². The van der Waals surface area contributed by atoms with Crippen LogP contribution in [0.15, 0.2) is 43.0 Å². The van der Waals surface area contributed by atoms with E-state index < -0.39 is 0 Å². The van der Waals surface area contributed by atoms with Crippen LogP contribution in [0.25, 0.3) is 16.9 Å². The molecule has 2 saturated heterocycles. The lowest BCUT2D eigenvalue weighted by atomic mass is 9.98. The summed E-state index contributed by atoms with van der Waals surface area (Å²) in [5.74, 6) is 1.01. The molecule has 0 saturated carbocycles. The summed E-state index contributed by atoms with van der Waals surface area (Å²) in [7, 11) is 2.10. The number of anilines is 1. The van der Waals surface area contributed by atoms with Crippen LogP contribution in [-0.2, 0) is 0 Å². The third kappa shape index (κ3) is 3.09. The largest absolute Gasteiger partial charge is 0.507 e. The van der Waals surface area contributed by atoms with Crippen LogP contribution in [0.2, 0.25) is 0 Å². The number of nitrogens with zero attached hydrogens (tertiary/aromatic N) is 6. The lowest BCUT2D eigenvalue weighted by Gasteiger charge is -2.36. The summed E-state index contributed by atoms with van der Waals surface area (Å²) >= 11 is 0. The van der Waals surface area contributed by atoms with Crippen molar-refractivity contribution in [2.75, 3.05) is 11.9 Å². The monoisotopic (exact) mass is 377 g/mol. The maximum Gasteiger partial charge on any atom is 0.151 e. The summed E-state index contributed by atoms with van der Waals surface area (Å²) in [5, 5.41) is 27.0. The molecule has 0 amide bonds. The van der Waals surface area contributed by atoms with Crippen molar-refractivity contribution in [1.29, 1.82) is 0 Å². The van der Waals surface area contributed by atoms with Crippen LogP contribution >= 0.6 is 0 Å². The molecule has 8 heteroatoms. The summed E-state index contributed by atoms with van der Waals surface area (Å²) in [6.45, 7) is 0. The highest BCUT2D eigenvalue weighted by atomic mass is 16.3. The number of rotatable bonds is 4. The molecule has 5 rings (SSSR count). The minimum Gasteiger partial charge on any atom is -0.507 e. The van der Waals surface area contributed by atoms with E-state index in [1.54, 1.807) is 17.1 Å². The Kier molecular flexibility index (Phi) is 4.20. The molecular weight excluding hydrogens is 354 g/mol. The summed E-state index contributed by atoms with van der Waals surface area (Å²) < 4.78 is 1.60. The van der Waals surface area contributed by atoms with Crippen LogP contribution in [-0.4, -0.2) is 55.2 Å². The van der Waals surface area contributed by atoms with Gasteiger partial charge in [0.1, 0.15) is 18.4 Å². The van der Waals surface area contributed by atoms with Crippen LogP contribution in [0, 0.1) is 0 Å². The van der Waals surface area contributed by atoms with Gasteiger partial charge in [-0.1, -0.05) is 0 Å². The molecule has 2 fully saturated rings. The highest BCUT2D eigenvalue weighted by Crippen LogP contribution is 2.32. The van der Waals surface area contributed by atoms with Crippen molar-refractivity contribution in [1.82, 2.24) is 30.3 Å². The van der Waals surface area contributed by atoms with Crippen molar-refractivity contribution in [3.8, 4) is 22.7 Å². The number of hydrogen-bond acceptors (Lipinski definition) is 7. The molecule has 1 aromatic carbocycles. The molecule has 8 nitrogen and oxygen atoms in total. The third-order valence-corrected chi connectivity index (χ3v) is 5.95. The number of aromatic hydroxyl groups is 1. The minimum absolute atomic E-state index is 0.137. The lowest BCUT2D eigenvalue weighted by Crippen LogP contribution is -2.47. The number of aromatic nitrogens is 5. The van der Waals surface area contributed by atoms with E-state index in [-0.39, 0.29) is 5.75 Å². The molecule has 144 valence electrons. The van der Waals surface area contributed by atoms with Crippen LogP contribution in [0.3, 0.4) is 0 Å². The maximum atomic E-state index is 10.4. The van der Waals surface area contributed by atoms with Gasteiger partial charge in [-0.25, -0.2) is 9.67 Å². The topological polar surface area (TPSA) is 92.0 Å². The van der Waals surface area contributed by atoms with Gasteiger partial charge in [-0.3, -0.25) is 0 Å². The van der Waals surface area contributed by atoms with E-state index in [9.17, 15) is 5.11 Å². The average molecular weight is 377 g/mol. The van der Waals surface area contributed by atoms with Crippen LogP contribution in [0.4, 0.5) is 5.82 Å². The zero-order valence-corrected chi connectivity index (χ0v) is 15.7. The number of hydrogen-bond donors (Lipinski definition) is 2. The summed E-state index contributed by atoms with van der Waals surface area (Å²) in [5.41, 5.74) is 2.03. The lowest BCUT2D eigenvalue weighted by molar-refractivity contribution is 0.353. The summed E-state index contributed by atoms with van der Waals surface area (Å²) in [6, 6.07) is 11.0. The van der Waals surface area contributed by atoms with Gasteiger partial charge in [-0.05, 0) is 49.9 Å². The summed E-state index contributed by atoms with van der Waals surface area (Å²) in [6.07, 6.45) is 7.92. The Morgan fingerprint density at radius 2 is 1.93 bits per heavy atom. The van der Waals surface area contributed by atoms with Gasteiger partial charge >= 0.3 is 0 Å². The molecule has 3 atom stereocenters. The number of piperidine rings is 1. The maximum absolute atomic E-state index is 10.4. The van der Waals surface area contributed by atoms with Gasteiger partial charge in [0.25, 0.3) is 0 Å². The molecule has 2 N–H and O–H groups in total. The second-order valence-corrected chi connectivity index (χ2v) is 7.69. The van der Waals surface area contributed by atoms with Crippen molar-refractivity contribution in [2.24, 2.45) is 0 Å². The number of benzene rings is 1. The Hall–Kier alpha value is -3.00. The SMILES string of the molecule is CN(c1ccc(-c2ccc(-n3cncn3)cc2O)nn1)[C@@H]1C[C@H]2CC[C@@H](C1)N2. The molecule has 2 aromatic heterocycles. The first-order valence-electron chi connectivity index (χ1n) is 9.68. The van der Waals surface area contributed by atoms with E-state index in [1.165, 1.54) is 19.2 Å². The van der Waals surface area contributed by atoms with E-state index in [2.05, 4.69) is 37.5 Å². The number of nitrogens with one attached hydrogen (secondary N) is 1. The third-order valence-electron chi connectivity index (χ3n) is 5.95. The van der Waals surface area contributed by atoms with Crippen LogP contribution in [0.1, 0.15) is 25.7 Å². The van der Waals surface area contributed by atoms with Gasteiger partial charge in [0.2, 0.25) is 0 Å². The second-order valence-electron chi connectivity index (χ2n) is 7.69. The van der Waals surface area contributed by atoms with E-state index in [0.29, 0.717) is 29.4 Å². The predicted octanol–water partition coefficient (Wildman–Crippen LogP) is 2.15. The van der Waals surface area contributed by atoms with Crippen molar-refractivity contribution in [2.45, 2.75) is 43.8 Å². The normalized spacial score (nSPS) is 23.7. The van der Waals surface area contributed by atoms with Crippen molar-refractivity contribution in [3.05, 3.63) is 43.0 Å². The minimum atomic E-state index is 0.137. The summed E-state index contributed by atoms with van der Waals surface area (Å²) in [4.78, 5) is 6.17. The molecule has 2 aliphatic rings. The van der Waals surface area contributed by atoms with E-state index in [0.717, 1.165) is 24.3 Å². The first-order valence-corrected chi connectivity index (χ1v) is 9.68. The first kappa shape index (κ1) is 17.1. The zero-order chi connectivity index (χ0) is 19.1. The number of phenols is 1. The Morgan fingerprint density at radius 1 is 1.11 bits per heavy atom. The van der Waals surface area contributed by atoms with E-state index in [1.807, 2.05) is 24.3 Å². The highest BCUT2D eigenvalue weighted by molar-refractivity contribution is 5.68. The fourth-order valence-electron chi connectivity index (χ4n) is 4.41. The van der Waals surface area contributed by atoms with Gasteiger partial charge in [-0.15, -0.1) is 10.2 Å².